The normalized spacial score (nSPS) is 11.9. The molecule has 0 radical (unpaired) electrons. The molecule has 0 aliphatic carbocycles. The van der Waals surface area contributed by atoms with Crippen molar-refractivity contribution in [2.24, 2.45) is 5.73 Å². The van der Waals surface area contributed by atoms with Gasteiger partial charge < -0.3 is 5.73 Å². The summed E-state index contributed by atoms with van der Waals surface area (Å²) in [5.41, 5.74) is 6.77. The molecule has 0 saturated carbocycles. The minimum atomic E-state index is -3.55. The van der Waals surface area contributed by atoms with E-state index in [2.05, 4.69) is 14.9 Å². The summed E-state index contributed by atoms with van der Waals surface area (Å²) in [4.78, 5) is 0. The molecule has 0 spiro atoms. The third-order valence-corrected chi connectivity index (χ3v) is 4.69. The number of aryl methyl sites for hydroxylation is 1. The van der Waals surface area contributed by atoms with Crippen LogP contribution in [-0.2, 0) is 16.6 Å². The van der Waals surface area contributed by atoms with Crippen LogP contribution in [-0.4, -0.2) is 37.2 Å². The van der Waals surface area contributed by atoms with Gasteiger partial charge in [-0.05, 0) is 31.8 Å². The smallest absolute Gasteiger partial charge is 0.260 e. The van der Waals surface area contributed by atoms with E-state index in [1.165, 1.54) is 0 Å². The second-order valence-corrected chi connectivity index (χ2v) is 6.60. The van der Waals surface area contributed by atoms with Crippen molar-refractivity contribution in [1.82, 2.24) is 14.9 Å². The Kier molecular flexibility index (Phi) is 6.13. The zero-order valence-corrected chi connectivity index (χ0v) is 12.3. The fourth-order valence-electron chi connectivity index (χ4n) is 1.54. The summed E-state index contributed by atoms with van der Waals surface area (Å²) >= 11 is 1.75. The zero-order chi connectivity index (χ0) is 13.6. The van der Waals surface area contributed by atoms with Crippen LogP contribution in [0.1, 0.15) is 24.1 Å². The van der Waals surface area contributed by atoms with Gasteiger partial charge in [-0.3, -0.25) is 5.10 Å². The Hall–Kier alpha value is -0.570. The van der Waals surface area contributed by atoms with Gasteiger partial charge in [-0.1, -0.05) is 0 Å². The number of sulfonamides is 1. The van der Waals surface area contributed by atoms with Gasteiger partial charge in [-0.15, -0.1) is 0 Å². The number of H-pyrrole nitrogens is 1. The number of thioether (sulfide) groups is 1. The highest BCUT2D eigenvalue weighted by Crippen LogP contribution is 2.15. The van der Waals surface area contributed by atoms with Gasteiger partial charge in [0.25, 0.3) is 10.0 Å². The molecule has 0 aliphatic heterocycles. The van der Waals surface area contributed by atoms with E-state index in [-0.39, 0.29) is 11.6 Å². The van der Waals surface area contributed by atoms with Crippen LogP contribution in [0.15, 0.2) is 5.03 Å². The predicted octanol–water partition coefficient (Wildman–Crippen LogP) is 0.598. The Balaban J connectivity index is 2.63. The lowest BCUT2D eigenvalue weighted by atomic mass is 10.3. The van der Waals surface area contributed by atoms with Crippen LogP contribution < -0.4 is 10.5 Å². The van der Waals surface area contributed by atoms with Gasteiger partial charge in [0.15, 0.2) is 5.03 Å². The van der Waals surface area contributed by atoms with Crippen LogP contribution >= 0.6 is 11.8 Å². The number of rotatable bonds is 8. The van der Waals surface area contributed by atoms with Gasteiger partial charge >= 0.3 is 0 Å². The quantitative estimate of drug-likeness (QED) is 0.609. The molecule has 0 amide bonds. The SMILES string of the molecule is CSCCCCNS(=O)(=O)c1n[nH]c(C)c1CN. The molecule has 1 heterocycles. The summed E-state index contributed by atoms with van der Waals surface area (Å²) in [5, 5.41) is 6.49. The van der Waals surface area contributed by atoms with Crippen molar-refractivity contribution in [3.8, 4) is 0 Å². The van der Waals surface area contributed by atoms with Crippen LogP contribution in [0.25, 0.3) is 0 Å². The first-order valence-corrected chi connectivity index (χ1v) is 8.63. The zero-order valence-electron chi connectivity index (χ0n) is 10.7. The van der Waals surface area contributed by atoms with E-state index in [1.807, 2.05) is 6.26 Å². The van der Waals surface area contributed by atoms with Crippen LogP contribution in [0.3, 0.4) is 0 Å². The van der Waals surface area contributed by atoms with Gasteiger partial charge in [0, 0.05) is 24.3 Å². The van der Waals surface area contributed by atoms with Crippen molar-refractivity contribution in [3.63, 3.8) is 0 Å². The average Bonchev–Trinajstić information content (AvgIpc) is 2.70. The van der Waals surface area contributed by atoms with E-state index >= 15 is 0 Å². The first-order chi connectivity index (χ1) is 8.53. The summed E-state index contributed by atoms with van der Waals surface area (Å²) in [6.07, 6.45) is 3.85. The van der Waals surface area contributed by atoms with E-state index < -0.39 is 10.0 Å². The monoisotopic (exact) mass is 292 g/mol. The van der Waals surface area contributed by atoms with Crippen molar-refractivity contribution in [3.05, 3.63) is 11.3 Å². The molecule has 0 unspecified atom stereocenters. The second-order valence-electron chi connectivity index (χ2n) is 3.93. The number of nitrogens with one attached hydrogen (secondary N) is 2. The Labute approximate surface area is 112 Å². The van der Waals surface area contributed by atoms with E-state index in [9.17, 15) is 8.42 Å². The minimum absolute atomic E-state index is 0.0207. The molecule has 0 aliphatic rings. The van der Waals surface area contributed by atoms with Crippen molar-refractivity contribution in [2.75, 3.05) is 18.6 Å². The lowest BCUT2D eigenvalue weighted by Gasteiger charge is -2.05. The van der Waals surface area contributed by atoms with Crippen molar-refractivity contribution in [1.29, 1.82) is 0 Å². The number of hydrogen-bond donors (Lipinski definition) is 3. The summed E-state index contributed by atoms with van der Waals surface area (Å²) in [6, 6.07) is 0. The summed E-state index contributed by atoms with van der Waals surface area (Å²) in [7, 11) is -3.55. The molecular formula is C10H20N4O2S2. The number of unbranched alkanes of at least 4 members (excludes halogenated alkanes) is 1. The molecule has 1 rings (SSSR count). The molecule has 0 aromatic carbocycles. The second kappa shape index (κ2) is 7.13. The maximum Gasteiger partial charge on any atom is 0.260 e. The number of hydrogen-bond acceptors (Lipinski definition) is 5. The Morgan fingerprint density at radius 3 is 2.78 bits per heavy atom. The Bertz CT molecular complexity index is 470. The van der Waals surface area contributed by atoms with Crippen LogP contribution in [0, 0.1) is 6.92 Å². The third-order valence-electron chi connectivity index (χ3n) is 2.56. The number of nitrogens with zero attached hydrogens (tertiary/aromatic N) is 1. The van der Waals surface area contributed by atoms with E-state index in [0.717, 1.165) is 18.6 Å². The van der Waals surface area contributed by atoms with Crippen LogP contribution in [0.4, 0.5) is 0 Å². The highest BCUT2D eigenvalue weighted by molar-refractivity contribution is 7.98. The highest BCUT2D eigenvalue weighted by Gasteiger charge is 2.22. The average molecular weight is 292 g/mol. The lowest BCUT2D eigenvalue weighted by Crippen LogP contribution is -2.26. The number of aromatic amines is 1. The van der Waals surface area contributed by atoms with Gasteiger partial charge in [0.1, 0.15) is 0 Å². The van der Waals surface area contributed by atoms with Crippen LogP contribution in [0.5, 0.6) is 0 Å². The molecule has 104 valence electrons. The van der Waals surface area contributed by atoms with Gasteiger partial charge in [0.05, 0.1) is 0 Å². The number of aromatic nitrogens is 2. The molecule has 0 saturated heterocycles. The summed E-state index contributed by atoms with van der Waals surface area (Å²) in [6.45, 7) is 2.34. The van der Waals surface area contributed by atoms with Crippen molar-refractivity contribution in [2.45, 2.75) is 31.3 Å². The van der Waals surface area contributed by atoms with Crippen molar-refractivity contribution >= 4 is 21.8 Å². The maximum atomic E-state index is 12.0. The molecule has 1 aromatic heterocycles. The lowest BCUT2D eigenvalue weighted by molar-refractivity contribution is 0.573. The van der Waals surface area contributed by atoms with E-state index in [0.29, 0.717) is 17.8 Å². The van der Waals surface area contributed by atoms with E-state index in [4.69, 9.17) is 5.73 Å². The Morgan fingerprint density at radius 2 is 2.17 bits per heavy atom. The molecule has 4 N–H and O–H groups in total. The summed E-state index contributed by atoms with van der Waals surface area (Å²) in [5.74, 6) is 1.04. The van der Waals surface area contributed by atoms with Gasteiger partial charge in [-0.25, -0.2) is 13.1 Å². The Morgan fingerprint density at radius 1 is 1.44 bits per heavy atom. The topological polar surface area (TPSA) is 101 Å². The maximum absolute atomic E-state index is 12.0. The molecule has 0 bridgehead atoms. The highest BCUT2D eigenvalue weighted by atomic mass is 32.2. The molecular weight excluding hydrogens is 272 g/mol. The fraction of sp³-hybridized carbons (Fsp3) is 0.700. The fourth-order valence-corrected chi connectivity index (χ4v) is 3.31. The molecule has 6 nitrogen and oxygen atoms in total. The van der Waals surface area contributed by atoms with Gasteiger partial charge in [-0.2, -0.15) is 16.9 Å². The molecule has 0 fully saturated rings. The summed E-state index contributed by atoms with van der Waals surface area (Å²) < 4.78 is 26.6. The van der Waals surface area contributed by atoms with E-state index in [1.54, 1.807) is 18.7 Å². The van der Waals surface area contributed by atoms with Crippen LogP contribution in [0.2, 0.25) is 0 Å². The first kappa shape index (κ1) is 15.5. The minimum Gasteiger partial charge on any atom is -0.326 e. The molecule has 18 heavy (non-hydrogen) atoms. The molecule has 0 atom stereocenters. The van der Waals surface area contributed by atoms with Gasteiger partial charge in [0.2, 0.25) is 0 Å². The standard InChI is InChI=1S/C10H20N4O2S2/c1-8-9(7-11)10(14-13-8)18(15,16)12-5-3-4-6-17-2/h12H,3-7,11H2,1-2H3,(H,13,14). The largest absolute Gasteiger partial charge is 0.326 e. The first-order valence-electron chi connectivity index (χ1n) is 5.75. The van der Waals surface area contributed by atoms with Crippen molar-refractivity contribution < 1.29 is 8.42 Å². The molecule has 8 heteroatoms. The predicted molar refractivity (Wildman–Crippen MR) is 74.0 cm³/mol. The molecule has 1 aromatic rings. The number of nitrogens with two attached hydrogens (primary N) is 1. The third kappa shape index (κ3) is 3.98.